The van der Waals surface area contributed by atoms with E-state index in [2.05, 4.69) is 4.98 Å². The number of carbonyl (C=O) groups is 1. The van der Waals surface area contributed by atoms with Gasteiger partial charge in [-0.05, 0) is 35.9 Å². The van der Waals surface area contributed by atoms with E-state index in [0.29, 0.717) is 22.8 Å². The molecule has 21 heavy (non-hydrogen) atoms. The van der Waals surface area contributed by atoms with Crippen LogP contribution in [-0.2, 0) is 6.42 Å². The number of benzene rings is 2. The molecule has 1 aromatic heterocycles. The summed E-state index contributed by atoms with van der Waals surface area (Å²) in [7, 11) is 0. The van der Waals surface area contributed by atoms with Crippen LogP contribution >= 0.6 is 11.6 Å². The summed E-state index contributed by atoms with van der Waals surface area (Å²) in [5.74, 6) is 0.854. The fraction of sp³-hybridized carbons (Fsp3) is 0.118. The lowest BCUT2D eigenvalue weighted by Gasteiger charge is -2.04. The minimum Gasteiger partial charge on any atom is -0.493 e. The van der Waals surface area contributed by atoms with Gasteiger partial charge in [-0.2, -0.15) is 0 Å². The van der Waals surface area contributed by atoms with Gasteiger partial charge in [0.2, 0.25) is 0 Å². The van der Waals surface area contributed by atoms with Gasteiger partial charge in [0.15, 0.2) is 5.78 Å². The fourth-order valence-electron chi connectivity index (χ4n) is 2.80. The third-order valence-electron chi connectivity index (χ3n) is 3.85. The number of carbonyl (C=O) groups excluding carboxylic acids is 1. The van der Waals surface area contributed by atoms with E-state index in [9.17, 15) is 4.79 Å². The smallest absolute Gasteiger partial charge is 0.195 e. The number of rotatable bonds is 2. The monoisotopic (exact) mass is 297 g/mol. The number of halogens is 1. The number of ketones is 1. The second-order valence-electron chi connectivity index (χ2n) is 5.11. The Bertz CT molecular complexity index is 866. The molecule has 2 aromatic carbocycles. The molecule has 0 fully saturated rings. The predicted octanol–water partition coefficient (Wildman–Crippen LogP) is 3.99. The van der Waals surface area contributed by atoms with Gasteiger partial charge in [0.05, 0.1) is 11.6 Å². The Labute approximate surface area is 126 Å². The number of aromatic amines is 1. The van der Waals surface area contributed by atoms with Gasteiger partial charge >= 0.3 is 0 Å². The van der Waals surface area contributed by atoms with Crippen molar-refractivity contribution < 1.29 is 9.53 Å². The molecule has 0 radical (unpaired) electrons. The molecule has 104 valence electrons. The number of ether oxygens (including phenoxy) is 1. The lowest BCUT2D eigenvalue weighted by Crippen LogP contribution is -2.01. The zero-order chi connectivity index (χ0) is 14.4. The van der Waals surface area contributed by atoms with Crippen molar-refractivity contribution in [3.63, 3.8) is 0 Å². The molecule has 2 heterocycles. The summed E-state index contributed by atoms with van der Waals surface area (Å²) in [6, 6.07) is 11.2. The topological polar surface area (TPSA) is 42.1 Å². The average Bonchev–Trinajstić information content (AvgIpc) is 3.13. The van der Waals surface area contributed by atoms with Gasteiger partial charge in [-0.15, -0.1) is 0 Å². The first kappa shape index (κ1) is 12.5. The minimum atomic E-state index is -0.0240. The van der Waals surface area contributed by atoms with Crippen LogP contribution < -0.4 is 4.74 Å². The maximum atomic E-state index is 12.8. The zero-order valence-electron chi connectivity index (χ0n) is 11.2. The first-order valence-corrected chi connectivity index (χ1v) is 7.18. The van der Waals surface area contributed by atoms with E-state index < -0.39 is 0 Å². The fourth-order valence-corrected chi connectivity index (χ4v) is 3.08. The minimum absolute atomic E-state index is 0.0240. The molecule has 0 amide bonds. The summed E-state index contributed by atoms with van der Waals surface area (Å²) in [5, 5.41) is 1.36. The molecular formula is C17H12ClNO2. The lowest BCUT2D eigenvalue weighted by atomic mass is 10.00. The Morgan fingerprint density at radius 2 is 2.14 bits per heavy atom. The Morgan fingerprint density at radius 3 is 3.05 bits per heavy atom. The van der Waals surface area contributed by atoms with Crippen LogP contribution in [0.15, 0.2) is 42.6 Å². The van der Waals surface area contributed by atoms with Crippen LogP contribution in [0.4, 0.5) is 0 Å². The second-order valence-corrected chi connectivity index (χ2v) is 5.52. The van der Waals surface area contributed by atoms with Gasteiger partial charge in [-0.3, -0.25) is 4.79 Å². The molecule has 0 unspecified atom stereocenters. The summed E-state index contributed by atoms with van der Waals surface area (Å²) in [6.07, 6.45) is 2.58. The molecule has 1 N–H and O–H groups in total. The standard InChI is InChI=1S/C17H12ClNO2/c18-13-2-1-3-14-16(13)12(9-19-14)17(20)11-4-5-15-10(8-11)6-7-21-15/h1-5,8-9,19H,6-7H2. The van der Waals surface area contributed by atoms with Gasteiger partial charge in [0, 0.05) is 34.6 Å². The van der Waals surface area contributed by atoms with Crippen LogP contribution in [0, 0.1) is 0 Å². The van der Waals surface area contributed by atoms with Crippen molar-refractivity contribution in [3.8, 4) is 5.75 Å². The number of nitrogens with one attached hydrogen (secondary N) is 1. The average molecular weight is 298 g/mol. The van der Waals surface area contributed by atoms with Crippen LogP contribution in [-0.4, -0.2) is 17.4 Å². The first-order chi connectivity index (χ1) is 10.2. The number of fused-ring (bicyclic) bond motifs is 2. The lowest BCUT2D eigenvalue weighted by molar-refractivity contribution is 0.104. The van der Waals surface area contributed by atoms with Crippen molar-refractivity contribution >= 4 is 28.3 Å². The van der Waals surface area contributed by atoms with Crippen molar-refractivity contribution in [1.29, 1.82) is 0 Å². The normalized spacial score (nSPS) is 13.2. The van der Waals surface area contributed by atoms with E-state index in [-0.39, 0.29) is 5.78 Å². The van der Waals surface area contributed by atoms with Crippen LogP contribution in [0.3, 0.4) is 0 Å². The molecule has 3 nitrogen and oxygen atoms in total. The second kappa shape index (κ2) is 4.64. The van der Waals surface area contributed by atoms with Gasteiger partial charge < -0.3 is 9.72 Å². The molecular weight excluding hydrogens is 286 g/mol. The van der Waals surface area contributed by atoms with E-state index in [0.717, 1.165) is 28.6 Å². The summed E-state index contributed by atoms with van der Waals surface area (Å²) >= 11 is 6.24. The van der Waals surface area contributed by atoms with Crippen LogP contribution in [0.1, 0.15) is 21.5 Å². The highest BCUT2D eigenvalue weighted by atomic mass is 35.5. The molecule has 0 saturated heterocycles. The molecule has 1 aliphatic rings. The van der Waals surface area contributed by atoms with E-state index in [1.165, 1.54) is 0 Å². The van der Waals surface area contributed by atoms with E-state index in [4.69, 9.17) is 16.3 Å². The van der Waals surface area contributed by atoms with Crippen LogP contribution in [0.25, 0.3) is 10.9 Å². The predicted molar refractivity (Wildman–Crippen MR) is 82.4 cm³/mol. The Kier molecular flexibility index (Phi) is 2.76. The molecule has 0 spiro atoms. The molecule has 0 atom stereocenters. The van der Waals surface area contributed by atoms with Crippen molar-refractivity contribution in [2.24, 2.45) is 0 Å². The third kappa shape index (κ3) is 1.93. The Hall–Kier alpha value is -2.26. The van der Waals surface area contributed by atoms with Crippen molar-refractivity contribution in [2.75, 3.05) is 6.61 Å². The Balaban J connectivity index is 1.83. The summed E-state index contributed by atoms with van der Waals surface area (Å²) < 4.78 is 5.47. The number of hydrogen-bond acceptors (Lipinski definition) is 2. The van der Waals surface area contributed by atoms with E-state index >= 15 is 0 Å². The molecule has 4 heteroatoms. The van der Waals surface area contributed by atoms with Gasteiger partial charge in [0.25, 0.3) is 0 Å². The highest BCUT2D eigenvalue weighted by Gasteiger charge is 2.19. The van der Waals surface area contributed by atoms with Gasteiger partial charge in [-0.25, -0.2) is 0 Å². The molecule has 1 aliphatic heterocycles. The van der Waals surface area contributed by atoms with Gasteiger partial charge in [-0.1, -0.05) is 17.7 Å². The van der Waals surface area contributed by atoms with Crippen LogP contribution in [0.2, 0.25) is 5.02 Å². The summed E-state index contributed by atoms with van der Waals surface area (Å²) in [4.78, 5) is 15.9. The molecule has 4 rings (SSSR count). The quantitative estimate of drug-likeness (QED) is 0.727. The SMILES string of the molecule is O=C(c1ccc2c(c1)CCO2)c1c[nH]c2cccc(Cl)c12. The van der Waals surface area contributed by atoms with Crippen molar-refractivity contribution in [1.82, 2.24) is 4.98 Å². The summed E-state index contributed by atoms with van der Waals surface area (Å²) in [6.45, 7) is 0.686. The number of aromatic nitrogens is 1. The third-order valence-corrected chi connectivity index (χ3v) is 4.17. The first-order valence-electron chi connectivity index (χ1n) is 6.80. The van der Waals surface area contributed by atoms with Crippen molar-refractivity contribution in [2.45, 2.75) is 6.42 Å². The maximum Gasteiger partial charge on any atom is 0.195 e. The van der Waals surface area contributed by atoms with Crippen molar-refractivity contribution in [3.05, 3.63) is 64.3 Å². The van der Waals surface area contributed by atoms with E-state index in [1.54, 1.807) is 12.3 Å². The number of hydrogen-bond donors (Lipinski definition) is 1. The summed E-state index contributed by atoms with van der Waals surface area (Å²) in [5.41, 5.74) is 3.23. The van der Waals surface area contributed by atoms with E-state index in [1.807, 2.05) is 30.3 Å². The number of H-pyrrole nitrogens is 1. The zero-order valence-corrected chi connectivity index (χ0v) is 11.9. The van der Waals surface area contributed by atoms with Gasteiger partial charge in [0.1, 0.15) is 5.75 Å². The van der Waals surface area contributed by atoms with Crippen LogP contribution in [0.5, 0.6) is 5.75 Å². The Morgan fingerprint density at radius 1 is 1.24 bits per heavy atom. The highest BCUT2D eigenvalue weighted by molar-refractivity contribution is 6.37. The highest BCUT2D eigenvalue weighted by Crippen LogP contribution is 2.30. The molecule has 3 aromatic rings. The maximum absolute atomic E-state index is 12.8. The molecule has 0 aliphatic carbocycles. The largest absolute Gasteiger partial charge is 0.493 e. The molecule has 0 saturated carbocycles. The molecule has 0 bridgehead atoms.